The second-order valence-electron chi connectivity index (χ2n) is 1.96. The standard InChI is InChI=1S/C6H12N/c1-4-7-5-6(2)3/h6H,5H2,1-3H3/q+1. The Bertz CT molecular complexity index is 84.1. The van der Waals surface area contributed by atoms with E-state index in [1.807, 2.05) is 6.92 Å². The van der Waals surface area contributed by atoms with Crippen LogP contribution in [-0.2, 0) is 0 Å². The van der Waals surface area contributed by atoms with Gasteiger partial charge in [-0.2, -0.15) is 0 Å². The summed E-state index contributed by atoms with van der Waals surface area (Å²) >= 11 is 0. The highest BCUT2D eigenvalue weighted by Crippen LogP contribution is 1.89. The fourth-order valence-corrected chi connectivity index (χ4v) is 0.274. The average Bonchev–Trinajstić information content (AvgIpc) is 1.61. The van der Waals surface area contributed by atoms with Gasteiger partial charge in [0, 0.05) is 5.92 Å². The van der Waals surface area contributed by atoms with E-state index in [-0.39, 0.29) is 0 Å². The summed E-state index contributed by atoms with van der Waals surface area (Å²) in [4.78, 5) is 3.92. The highest BCUT2D eigenvalue weighted by molar-refractivity contribution is 4.80. The second-order valence-corrected chi connectivity index (χ2v) is 1.96. The molecule has 0 radical (unpaired) electrons. The number of rotatable bonds is 1. The van der Waals surface area contributed by atoms with E-state index in [0.29, 0.717) is 5.92 Å². The highest BCUT2D eigenvalue weighted by atomic mass is 14.6. The lowest BCUT2D eigenvalue weighted by molar-refractivity contribution is 0.711. The van der Waals surface area contributed by atoms with E-state index in [1.54, 1.807) is 0 Å². The lowest BCUT2D eigenvalue weighted by Gasteiger charge is -1.81. The van der Waals surface area contributed by atoms with Crippen molar-refractivity contribution in [1.29, 1.82) is 0 Å². The summed E-state index contributed by atoms with van der Waals surface area (Å²) in [5.41, 5.74) is 0. The van der Waals surface area contributed by atoms with Gasteiger partial charge < -0.3 is 0 Å². The van der Waals surface area contributed by atoms with Gasteiger partial charge in [0.15, 0.2) is 0 Å². The Kier molecular flexibility index (Phi) is 3.40. The minimum Gasteiger partial charge on any atom is -0.0838 e. The minimum absolute atomic E-state index is 0.674. The van der Waals surface area contributed by atoms with Crippen LogP contribution in [0.4, 0.5) is 0 Å². The summed E-state index contributed by atoms with van der Waals surface area (Å²) in [6.07, 6.45) is 0. The van der Waals surface area contributed by atoms with Gasteiger partial charge in [-0.15, -0.1) is 0 Å². The van der Waals surface area contributed by atoms with Crippen LogP contribution in [0, 0.1) is 12.0 Å². The van der Waals surface area contributed by atoms with Crippen LogP contribution in [0.25, 0.3) is 4.85 Å². The molecule has 0 N–H and O–H groups in total. The monoisotopic (exact) mass is 98.1 g/mol. The third-order valence-electron chi connectivity index (χ3n) is 0.615. The van der Waals surface area contributed by atoms with Crippen molar-refractivity contribution in [2.75, 3.05) is 6.54 Å². The van der Waals surface area contributed by atoms with Crippen molar-refractivity contribution < 1.29 is 0 Å². The largest absolute Gasteiger partial charge is 0.269 e. The second kappa shape index (κ2) is 3.67. The Hall–Kier alpha value is -0.510. The summed E-state index contributed by atoms with van der Waals surface area (Å²) in [5.74, 6) is 0.674. The Morgan fingerprint density at radius 3 is 2.29 bits per heavy atom. The van der Waals surface area contributed by atoms with Crippen LogP contribution < -0.4 is 0 Å². The Morgan fingerprint density at radius 2 is 2.14 bits per heavy atom. The summed E-state index contributed by atoms with van der Waals surface area (Å²) in [6, 6.07) is 2.72. The van der Waals surface area contributed by atoms with E-state index < -0.39 is 0 Å². The third kappa shape index (κ3) is 5.49. The van der Waals surface area contributed by atoms with Crippen molar-refractivity contribution in [2.24, 2.45) is 5.92 Å². The molecular formula is C6H12N+. The molecule has 0 amide bonds. The predicted octanol–water partition coefficient (Wildman–Crippen LogP) is 2.00. The Morgan fingerprint density at radius 1 is 1.57 bits per heavy atom. The summed E-state index contributed by atoms with van der Waals surface area (Å²) in [7, 11) is 0. The smallest absolute Gasteiger partial charge is 0.0838 e. The maximum atomic E-state index is 3.92. The summed E-state index contributed by atoms with van der Waals surface area (Å²) < 4.78 is 0. The molecule has 0 bridgehead atoms. The maximum Gasteiger partial charge on any atom is 0.269 e. The van der Waals surface area contributed by atoms with Gasteiger partial charge in [0.1, 0.15) is 0 Å². The van der Waals surface area contributed by atoms with Gasteiger partial charge in [0.25, 0.3) is 12.6 Å². The number of nitrogens with zero attached hydrogens (tertiary/aromatic N) is 1. The molecule has 0 spiro atoms. The van der Waals surface area contributed by atoms with E-state index >= 15 is 0 Å². The van der Waals surface area contributed by atoms with Gasteiger partial charge >= 0.3 is 0 Å². The van der Waals surface area contributed by atoms with E-state index in [0.717, 1.165) is 6.54 Å². The topological polar surface area (TPSA) is 4.36 Å². The van der Waals surface area contributed by atoms with Crippen molar-refractivity contribution in [1.82, 2.24) is 0 Å². The zero-order chi connectivity index (χ0) is 5.70. The van der Waals surface area contributed by atoms with Crippen LogP contribution >= 0.6 is 0 Å². The first kappa shape index (κ1) is 6.49. The zero-order valence-corrected chi connectivity index (χ0v) is 5.23. The molecule has 0 saturated heterocycles. The van der Waals surface area contributed by atoms with Crippen molar-refractivity contribution in [2.45, 2.75) is 20.8 Å². The van der Waals surface area contributed by atoms with Crippen LogP contribution in [0.3, 0.4) is 0 Å². The van der Waals surface area contributed by atoms with E-state index in [4.69, 9.17) is 0 Å². The molecule has 0 fully saturated rings. The molecule has 40 valence electrons. The normalized spacial score (nSPS) is 8.00. The molecule has 0 rings (SSSR count). The molecule has 0 atom stereocenters. The zero-order valence-electron chi connectivity index (χ0n) is 5.23. The lowest BCUT2D eigenvalue weighted by Crippen LogP contribution is -1.87. The predicted molar refractivity (Wildman–Crippen MR) is 32.6 cm³/mol. The van der Waals surface area contributed by atoms with Crippen molar-refractivity contribution >= 4 is 0 Å². The number of hydrogen-bond acceptors (Lipinski definition) is 0. The van der Waals surface area contributed by atoms with Crippen LogP contribution in [0.15, 0.2) is 0 Å². The Balaban J connectivity index is 3.08. The third-order valence-corrected chi connectivity index (χ3v) is 0.615. The van der Waals surface area contributed by atoms with Crippen LogP contribution in [-0.4, -0.2) is 6.54 Å². The van der Waals surface area contributed by atoms with Gasteiger partial charge in [-0.1, -0.05) is 18.7 Å². The van der Waals surface area contributed by atoms with Gasteiger partial charge in [-0.3, -0.25) is 0 Å². The number of hydrogen-bond donors (Lipinski definition) is 0. The summed E-state index contributed by atoms with van der Waals surface area (Å²) in [5, 5.41) is 0. The molecule has 1 nitrogen and oxygen atoms in total. The molecule has 0 aliphatic heterocycles. The molecular weight excluding hydrogens is 86.1 g/mol. The fourth-order valence-electron chi connectivity index (χ4n) is 0.274. The molecule has 0 aromatic rings. The molecule has 0 aliphatic rings. The Labute approximate surface area is 45.2 Å². The first-order chi connectivity index (χ1) is 3.27. The van der Waals surface area contributed by atoms with Gasteiger partial charge in [0.05, 0.1) is 6.92 Å². The molecule has 0 heterocycles. The molecule has 7 heavy (non-hydrogen) atoms. The quantitative estimate of drug-likeness (QED) is 0.472. The first-order valence-corrected chi connectivity index (χ1v) is 2.60. The van der Waals surface area contributed by atoms with Crippen LogP contribution in [0.2, 0.25) is 0 Å². The van der Waals surface area contributed by atoms with Gasteiger partial charge in [-0.25, -0.2) is 0 Å². The van der Waals surface area contributed by atoms with E-state index in [9.17, 15) is 0 Å². The molecule has 0 aliphatic carbocycles. The molecule has 0 aromatic heterocycles. The SMILES string of the molecule is CC#[N+]CC(C)C. The molecule has 0 unspecified atom stereocenters. The van der Waals surface area contributed by atoms with Gasteiger partial charge in [-0.05, 0) is 0 Å². The first-order valence-electron chi connectivity index (χ1n) is 2.60. The van der Waals surface area contributed by atoms with Crippen molar-refractivity contribution in [3.05, 3.63) is 4.85 Å². The van der Waals surface area contributed by atoms with Crippen LogP contribution in [0.5, 0.6) is 0 Å². The van der Waals surface area contributed by atoms with Gasteiger partial charge in [0.2, 0.25) is 0 Å². The molecule has 0 saturated carbocycles. The average molecular weight is 98.2 g/mol. The minimum atomic E-state index is 0.674. The summed E-state index contributed by atoms with van der Waals surface area (Å²) in [6.45, 7) is 7.01. The van der Waals surface area contributed by atoms with Crippen LogP contribution in [0.1, 0.15) is 20.8 Å². The highest BCUT2D eigenvalue weighted by Gasteiger charge is 1.94. The lowest BCUT2D eigenvalue weighted by atomic mass is 10.2. The van der Waals surface area contributed by atoms with Crippen molar-refractivity contribution in [3.63, 3.8) is 0 Å². The molecule has 0 aromatic carbocycles. The molecule has 1 heteroatoms. The fraction of sp³-hybridized carbons (Fsp3) is 0.833. The van der Waals surface area contributed by atoms with Crippen molar-refractivity contribution in [3.8, 4) is 6.07 Å². The van der Waals surface area contributed by atoms with E-state index in [1.165, 1.54) is 0 Å². The maximum absolute atomic E-state index is 3.92. The van der Waals surface area contributed by atoms with E-state index in [2.05, 4.69) is 24.8 Å².